The van der Waals surface area contributed by atoms with Crippen LogP contribution in [-0.2, 0) is 15.1 Å². The van der Waals surface area contributed by atoms with E-state index < -0.39 is 11.2 Å². The second-order valence-corrected chi connectivity index (χ2v) is 10.6. The quantitative estimate of drug-likeness (QED) is 0.175. The minimum absolute atomic E-state index is 0.00487. The van der Waals surface area contributed by atoms with E-state index in [0.717, 1.165) is 16.7 Å². The number of methoxy groups -OCH3 is 2. The zero-order chi connectivity index (χ0) is 32.0. The van der Waals surface area contributed by atoms with Crippen molar-refractivity contribution in [2.24, 2.45) is 5.92 Å². The molecule has 3 aromatic carbocycles. The van der Waals surface area contributed by atoms with Crippen molar-refractivity contribution < 1.29 is 24.1 Å². The van der Waals surface area contributed by atoms with Crippen molar-refractivity contribution in [1.82, 2.24) is 19.5 Å². The number of hydrogen-bond donors (Lipinski definition) is 3. The fourth-order valence-corrected chi connectivity index (χ4v) is 4.94. The van der Waals surface area contributed by atoms with E-state index in [1.807, 2.05) is 78.9 Å². The third kappa shape index (κ3) is 6.49. The molecular formula is C34H35N5O6. The van der Waals surface area contributed by atoms with Gasteiger partial charge in [-0.2, -0.15) is 4.98 Å². The molecule has 11 nitrogen and oxygen atoms in total. The van der Waals surface area contributed by atoms with Crippen LogP contribution in [0.15, 0.2) is 95.6 Å². The molecule has 2 heterocycles. The van der Waals surface area contributed by atoms with Gasteiger partial charge in [-0.25, -0.2) is 4.98 Å². The maximum absolute atomic E-state index is 12.7. The van der Waals surface area contributed by atoms with E-state index in [0.29, 0.717) is 17.1 Å². The number of carbonyl (C=O) groups excluding carboxylic acids is 1. The molecule has 11 heteroatoms. The number of aliphatic hydroxyl groups is 1. The molecule has 232 valence electrons. The largest absolute Gasteiger partial charge is 0.497 e. The number of anilines is 1. The number of ether oxygens (including phenoxy) is 3. The van der Waals surface area contributed by atoms with Crippen LogP contribution in [0.4, 0.5) is 5.95 Å². The number of H-pyrrole nitrogens is 1. The number of nitrogens with zero attached hydrogens (tertiary/aromatic N) is 3. The van der Waals surface area contributed by atoms with Gasteiger partial charge >= 0.3 is 0 Å². The number of rotatable bonds is 12. The van der Waals surface area contributed by atoms with Gasteiger partial charge in [0.15, 0.2) is 11.2 Å². The Morgan fingerprint density at radius 3 is 2.07 bits per heavy atom. The molecule has 0 bridgehead atoms. The maximum Gasteiger partial charge on any atom is 0.280 e. The Balaban J connectivity index is 1.59. The zero-order valence-corrected chi connectivity index (χ0v) is 25.5. The van der Waals surface area contributed by atoms with Gasteiger partial charge in [0, 0.05) is 12.1 Å². The van der Waals surface area contributed by atoms with Crippen LogP contribution in [-0.4, -0.2) is 58.0 Å². The molecule has 0 saturated carbocycles. The molecule has 5 rings (SSSR count). The number of fused-ring (bicyclic) bond motifs is 1. The highest BCUT2D eigenvalue weighted by Gasteiger charge is 2.38. The van der Waals surface area contributed by atoms with E-state index >= 15 is 0 Å². The van der Waals surface area contributed by atoms with E-state index in [4.69, 9.17) is 14.2 Å². The average Bonchev–Trinajstić information content (AvgIpc) is 3.48. The minimum atomic E-state index is -1.10. The first-order chi connectivity index (χ1) is 21.8. The van der Waals surface area contributed by atoms with Crippen LogP contribution in [0, 0.1) is 5.92 Å². The highest BCUT2D eigenvalue weighted by molar-refractivity contribution is 5.91. The monoisotopic (exact) mass is 609 g/mol. The van der Waals surface area contributed by atoms with Crippen LogP contribution in [0.5, 0.6) is 11.5 Å². The Kier molecular flexibility index (Phi) is 9.41. The van der Waals surface area contributed by atoms with Gasteiger partial charge in [-0.1, -0.05) is 68.4 Å². The normalized spacial score (nSPS) is 12.0. The van der Waals surface area contributed by atoms with Crippen molar-refractivity contribution >= 4 is 29.2 Å². The third-order valence-corrected chi connectivity index (χ3v) is 7.37. The van der Waals surface area contributed by atoms with Crippen molar-refractivity contribution in [3.05, 3.63) is 118 Å². The highest BCUT2D eigenvalue weighted by Crippen LogP contribution is 2.42. The van der Waals surface area contributed by atoms with Crippen molar-refractivity contribution in [2.75, 3.05) is 32.8 Å². The first-order valence-electron chi connectivity index (χ1n) is 14.4. The predicted molar refractivity (Wildman–Crippen MR) is 171 cm³/mol. The van der Waals surface area contributed by atoms with Gasteiger partial charge in [-0.05, 0) is 46.5 Å². The highest BCUT2D eigenvalue weighted by atomic mass is 16.5. The number of imidazole rings is 1. The Hall–Kier alpha value is -5.26. The van der Waals surface area contributed by atoms with Gasteiger partial charge in [0.1, 0.15) is 23.4 Å². The van der Waals surface area contributed by atoms with Crippen LogP contribution in [0.1, 0.15) is 30.5 Å². The van der Waals surface area contributed by atoms with Crippen molar-refractivity contribution in [3.8, 4) is 11.5 Å². The van der Waals surface area contributed by atoms with Crippen LogP contribution >= 0.6 is 0 Å². The lowest BCUT2D eigenvalue weighted by Crippen LogP contribution is -2.34. The molecular weight excluding hydrogens is 574 g/mol. The summed E-state index contributed by atoms with van der Waals surface area (Å²) in [5.41, 5.74) is 1.71. The number of aromatic nitrogens is 4. The molecule has 45 heavy (non-hydrogen) atoms. The summed E-state index contributed by atoms with van der Waals surface area (Å²) in [5, 5.41) is 13.1. The lowest BCUT2D eigenvalue weighted by molar-refractivity contribution is -0.118. The average molecular weight is 610 g/mol. The summed E-state index contributed by atoms with van der Waals surface area (Å²) < 4.78 is 19.3. The summed E-state index contributed by atoms with van der Waals surface area (Å²) in [6.45, 7) is 3.11. The number of amides is 1. The van der Waals surface area contributed by atoms with Gasteiger partial charge in [0.05, 0.1) is 27.4 Å². The van der Waals surface area contributed by atoms with Crippen molar-refractivity contribution in [3.63, 3.8) is 0 Å². The molecule has 0 aliphatic heterocycles. The summed E-state index contributed by atoms with van der Waals surface area (Å²) in [7, 11) is 3.23. The number of benzene rings is 3. The number of carbonyl (C=O) groups is 1. The number of nitrogens with one attached hydrogen (secondary N) is 2. The molecule has 0 spiro atoms. The zero-order valence-electron chi connectivity index (χ0n) is 25.5. The van der Waals surface area contributed by atoms with Gasteiger partial charge < -0.3 is 19.3 Å². The summed E-state index contributed by atoms with van der Waals surface area (Å²) in [6, 6.07) is 25.1. The van der Waals surface area contributed by atoms with E-state index in [-0.39, 0.29) is 42.2 Å². The fraction of sp³-hybridized carbons (Fsp3) is 0.235. The Labute approximate surface area is 260 Å². The Morgan fingerprint density at radius 2 is 1.53 bits per heavy atom. The van der Waals surface area contributed by atoms with E-state index in [1.165, 1.54) is 10.9 Å². The van der Waals surface area contributed by atoms with Crippen LogP contribution in [0.3, 0.4) is 0 Å². The molecule has 2 aromatic heterocycles. The SMILES string of the molecule is COc1ccc(C(OC/C(=C\n2cnc3c(=O)[nH]c(NC(=O)C(C)C)nc32)CO)(c2ccccc2)c2ccc(OC)cc2)cc1. The predicted octanol–water partition coefficient (Wildman–Crippen LogP) is 4.57. The van der Waals surface area contributed by atoms with Crippen LogP contribution in [0.25, 0.3) is 17.4 Å². The van der Waals surface area contributed by atoms with E-state index in [1.54, 1.807) is 34.3 Å². The summed E-state index contributed by atoms with van der Waals surface area (Å²) in [5.74, 6) is 0.799. The summed E-state index contributed by atoms with van der Waals surface area (Å²) in [4.78, 5) is 36.1. The van der Waals surface area contributed by atoms with Crippen molar-refractivity contribution in [2.45, 2.75) is 19.4 Å². The second-order valence-electron chi connectivity index (χ2n) is 10.6. The van der Waals surface area contributed by atoms with Crippen LogP contribution < -0.4 is 20.3 Å². The molecule has 0 saturated heterocycles. The summed E-state index contributed by atoms with van der Waals surface area (Å²) in [6.07, 6.45) is 3.04. The molecule has 5 aromatic rings. The molecule has 0 atom stereocenters. The third-order valence-electron chi connectivity index (χ3n) is 7.37. The number of hydrogen-bond acceptors (Lipinski definition) is 8. The van der Waals surface area contributed by atoms with Gasteiger partial charge in [-0.3, -0.25) is 24.5 Å². The van der Waals surface area contributed by atoms with Gasteiger partial charge in [0.25, 0.3) is 5.56 Å². The Bertz CT molecular complexity index is 1800. The second kappa shape index (κ2) is 13.6. The lowest BCUT2D eigenvalue weighted by Gasteiger charge is -2.36. The van der Waals surface area contributed by atoms with E-state index in [2.05, 4.69) is 20.3 Å². The standard InChI is InChI=1S/C34H35N5O6/c1-22(2)31(41)37-33-36-30-29(32(42)38-33)35-21-39(30)18-23(19-40)20-45-34(24-8-6-5-7-9-24,25-10-14-27(43-3)15-11-25)26-12-16-28(44-4)17-13-26/h5-18,21-22,40H,19-20H2,1-4H3,(H2,36,37,38,41,42)/b23-18-. The maximum atomic E-state index is 12.7. The van der Waals surface area contributed by atoms with Crippen LogP contribution in [0.2, 0.25) is 0 Å². The number of aromatic amines is 1. The molecule has 0 aliphatic carbocycles. The molecule has 0 radical (unpaired) electrons. The molecule has 3 N–H and O–H groups in total. The molecule has 1 amide bonds. The van der Waals surface area contributed by atoms with Crippen molar-refractivity contribution in [1.29, 1.82) is 0 Å². The van der Waals surface area contributed by atoms with Gasteiger partial charge in [0.2, 0.25) is 11.9 Å². The van der Waals surface area contributed by atoms with Gasteiger partial charge in [-0.15, -0.1) is 0 Å². The smallest absolute Gasteiger partial charge is 0.280 e. The first-order valence-corrected chi connectivity index (χ1v) is 14.4. The topological polar surface area (TPSA) is 141 Å². The van der Waals surface area contributed by atoms with E-state index in [9.17, 15) is 14.7 Å². The fourth-order valence-electron chi connectivity index (χ4n) is 4.94. The Morgan fingerprint density at radius 1 is 0.956 bits per heavy atom. The lowest BCUT2D eigenvalue weighted by atomic mass is 9.80. The molecule has 0 aliphatic rings. The molecule has 0 fully saturated rings. The summed E-state index contributed by atoms with van der Waals surface area (Å²) >= 11 is 0. The minimum Gasteiger partial charge on any atom is -0.497 e. The molecule has 0 unspecified atom stereocenters. The first kappa shape index (κ1) is 31.2. The number of aliphatic hydroxyl groups excluding tert-OH is 1.